The van der Waals surface area contributed by atoms with E-state index in [9.17, 15) is 0 Å². The maximum atomic E-state index is 7.58. The Morgan fingerprint density at radius 1 is 1.26 bits per heavy atom. The molecule has 1 aromatic carbocycles. The molecule has 1 aliphatic rings. The first-order valence-corrected chi connectivity index (χ1v) is 8.91. The summed E-state index contributed by atoms with van der Waals surface area (Å²) in [5, 5.41) is 8.30. The molecular formula is C18H27ClN2O2. The molecule has 0 aliphatic carbocycles. The number of hydrogen-bond acceptors (Lipinski definition) is 4. The second kappa shape index (κ2) is 9.78. The zero-order chi connectivity index (χ0) is 16.5. The Balaban J connectivity index is 1.82. The van der Waals surface area contributed by atoms with Gasteiger partial charge in [0, 0.05) is 13.0 Å². The minimum atomic E-state index is 0.320. The van der Waals surface area contributed by atoms with Crippen molar-refractivity contribution in [1.29, 1.82) is 5.41 Å². The van der Waals surface area contributed by atoms with Gasteiger partial charge in [0.1, 0.15) is 5.75 Å². The third-order valence-corrected chi connectivity index (χ3v) is 4.44. The van der Waals surface area contributed by atoms with E-state index < -0.39 is 0 Å². The second-order valence-electron chi connectivity index (χ2n) is 5.87. The van der Waals surface area contributed by atoms with Crippen molar-refractivity contribution in [2.75, 3.05) is 26.3 Å². The standard InChI is InChI=1S/C18H27ClN2O2/c1-2-22-17(20)10-7-13-23-16-9-6-8-15(18(16)19)14-21-11-4-3-5-12-21/h6,8-9,20H,2-5,7,10-14H2,1H3. The lowest BCUT2D eigenvalue weighted by atomic mass is 10.1. The molecule has 0 saturated carbocycles. The van der Waals surface area contributed by atoms with Crippen LogP contribution in [0.2, 0.25) is 5.02 Å². The first-order chi connectivity index (χ1) is 11.2. The van der Waals surface area contributed by atoms with Gasteiger partial charge in [-0.1, -0.05) is 30.2 Å². The van der Waals surface area contributed by atoms with Crippen LogP contribution in [-0.2, 0) is 11.3 Å². The number of rotatable bonds is 8. The van der Waals surface area contributed by atoms with E-state index in [1.165, 1.54) is 19.3 Å². The number of hydrogen-bond donors (Lipinski definition) is 1. The summed E-state index contributed by atoms with van der Waals surface area (Å²) in [5.74, 6) is 1.06. The number of likely N-dealkylation sites (tertiary alicyclic amines) is 1. The van der Waals surface area contributed by atoms with E-state index in [2.05, 4.69) is 11.0 Å². The van der Waals surface area contributed by atoms with E-state index in [4.69, 9.17) is 26.5 Å². The number of halogens is 1. The molecule has 1 N–H and O–H groups in total. The molecule has 0 atom stereocenters. The number of nitrogens with zero attached hydrogens (tertiary/aromatic N) is 1. The van der Waals surface area contributed by atoms with Crippen LogP contribution in [0, 0.1) is 5.41 Å². The summed E-state index contributed by atoms with van der Waals surface area (Å²) in [7, 11) is 0. The highest BCUT2D eigenvalue weighted by molar-refractivity contribution is 6.32. The van der Waals surface area contributed by atoms with Crippen LogP contribution in [-0.4, -0.2) is 37.1 Å². The summed E-state index contributed by atoms with van der Waals surface area (Å²) in [6.07, 6.45) is 5.24. The van der Waals surface area contributed by atoms with E-state index in [0.29, 0.717) is 25.5 Å². The van der Waals surface area contributed by atoms with Crippen molar-refractivity contribution in [3.8, 4) is 5.75 Å². The number of ether oxygens (including phenoxy) is 2. The molecule has 1 heterocycles. The molecule has 1 aliphatic heterocycles. The highest BCUT2D eigenvalue weighted by Gasteiger charge is 2.14. The number of piperidine rings is 1. The molecule has 4 nitrogen and oxygen atoms in total. The van der Waals surface area contributed by atoms with E-state index >= 15 is 0 Å². The largest absolute Gasteiger partial charge is 0.492 e. The molecule has 2 rings (SSSR count). The van der Waals surface area contributed by atoms with Crippen LogP contribution in [0.3, 0.4) is 0 Å². The maximum absolute atomic E-state index is 7.58. The van der Waals surface area contributed by atoms with Gasteiger partial charge in [-0.25, -0.2) is 0 Å². The average molecular weight is 339 g/mol. The fraction of sp³-hybridized carbons (Fsp3) is 0.611. The molecular weight excluding hydrogens is 312 g/mol. The summed E-state index contributed by atoms with van der Waals surface area (Å²) in [5.41, 5.74) is 1.13. The van der Waals surface area contributed by atoms with Crippen molar-refractivity contribution >= 4 is 17.5 Å². The normalized spacial score (nSPS) is 15.4. The predicted molar refractivity (Wildman–Crippen MR) is 94.7 cm³/mol. The maximum Gasteiger partial charge on any atom is 0.180 e. The first-order valence-electron chi connectivity index (χ1n) is 8.53. The van der Waals surface area contributed by atoms with Gasteiger partial charge in [0.25, 0.3) is 0 Å². The average Bonchev–Trinajstić information content (AvgIpc) is 2.56. The zero-order valence-corrected chi connectivity index (χ0v) is 14.7. The summed E-state index contributed by atoms with van der Waals surface area (Å²) in [4.78, 5) is 2.46. The molecule has 0 radical (unpaired) electrons. The monoisotopic (exact) mass is 338 g/mol. The van der Waals surface area contributed by atoms with E-state index in [1.807, 2.05) is 19.1 Å². The quantitative estimate of drug-likeness (QED) is 0.431. The van der Waals surface area contributed by atoms with Gasteiger partial charge in [-0.05, 0) is 50.9 Å². The number of benzene rings is 1. The Kier molecular flexibility index (Phi) is 7.69. The Labute approximate surface area is 144 Å². The van der Waals surface area contributed by atoms with E-state index in [0.717, 1.165) is 42.4 Å². The van der Waals surface area contributed by atoms with Crippen LogP contribution >= 0.6 is 11.6 Å². The van der Waals surface area contributed by atoms with Crippen LogP contribution in [0.5, 0.6) is 5.75 Å². The number of nitrogens with one attached hydrogen (secondary N) is 1. The van der Waals surface area contributed by atoms with Gasteiger partial charge in [-0.15, -0.1) is 0 Å². The van der Waals surface area contributed by atoms with E-state index in [-0.39, 0.29) is 0 Å². The van der Waals surface area contributed by atoms with Crippen molar-refractivity contribution in [1.82, 2.24) is 4.90 Å². The van der Waals surface area contributed by atoms with Crippen molar-refractivity contribution in [3.63, 3.8) is 0 Å². The van der Waals surface area contributed by atoms with Gasteiger partial charge in [-0.3, -0.25) is 10.3 Å². The van der Waals surface area contributed by atoms with Crippen LogP contribution in [0.4, 0.5) is 0 Å². The van der Waals surface area contributed by atoms with Crippen LogP contribution < -0.4 is 4.74 Å². The smallest absolute Gasteiger partial charge is 0.180 e. The molecule has 1 saturated heterocycles. The second-order valence-corrected chi connectivity index (χ2v) is 6.25. The molecule has 1 aromatic rings. The first kappa shape index (κ1) is 18.1. The van der Waals surface area contributed by atoms with Gasteiger partial charge < -0.3 is 9.47 Å². The van der Waals surface area contributed by atoms with Crippen LogP contribution in [0.1, 0.15) is 44.6 Å². The lowest BCUT2D eigenvalue weighted by molar-refractivity contribution is 0.220. The Hall–Kier alpha value is -1.26. The van der Waals surface area contributed by atoms with Crippen LogP contribution in [0.15, 0.2) is 18.2 Å². The Bertz CT molecular complexity index is 502. The molecule has 5 heteroatoms. The van der Waals surface area contributed by atoms with Gasteiger partial charge in [-0.2, -0.15) is 0 Å². The fourth-order valence-corrected chi connectivity index (χ4v) is 3.05. The molecule has 23 heavy (non-hydrogen) atoms. The minimum Gasteiger partial charge on any atom is -0.492 e. The van der Waals surface area contributed by atoms with E-state index in [1.54, 1.807) is 0 Å². The van der Waals surface area contributed by atoms with Gasteiger partial charge in [0.05, 0.1) is 18.2 Å². The molecule has 1 fully saturated rings. The van der Waals surface area contributed by atoms with Crippen molar-refractivity contribution in [2.45, 2.75) is 45.6 Å². The summed E-state index contributed by atoms with van der Waals surface area (Å²) >= 11 is 6.50. The van der Waals surface area contributed by atoms with Crippen molar-refractivity contribution in [3.05, 3.63) is 28.8 Å². The predicted octanol–water partition coefficient (Wildman–Crippen LogP) is 4.50. The topological polar surface area (TPSA) is 45.6 Å². The van der Waals surface area contributed by atoms with Crippen LogP contribution in [0.25, 0.3) is 0 Å². The summed E-state index contributed by atoms with van der Waals surface area (Å²) in [6, 6.07) is 5.99. The molecule has 0 unspecified atom stereocenters. The lowest BCUT2D eigenvalue weighted by Gasteiger charge is -2.27. The SMILES string of the molecule is CCOC(=N)CCCOc1cccc(CN2CCCCC2)c1Cl. The zero-order valence-electron chi connectivity index (χ0n) is 13.9. The molecule has 0 spiro atoms. The van der Waals surface area contributed by atoms with Crippen molar-refractivity contribution < 1.29 is 9.47 Å². The highest BCUT2D eigenvalue weighted by Crippen LogP contribution is 2.29. The summed E-state index contributed by atoms with van der Waals surface area (Å²) in [6.45, 7) is 6.18. The van der Waals surface area contributed by atoms with Gasteiger partial charge in [0.2, 0.25) is 0 Å². The van der Waals surface area contributed by atoms with Gasteiger partial charge >= 0.3 is 0 Å². The molecule has 0 bridgehead atoms. The Morgan fingerprint density at radius 2 is 2.04 bits per heavy atom. The van der Waals surface area contributed by atoms with Gasteiger partial charge in [0.15, 0.2) is 5.90 Å². The minimum absolute atomic E-state index is 0.320. The highest BCUT2D eigenvalue weighted by atomic mass is 35.5. The third-order valence-electron chi connectivity index (χ3n) is 4.01. The lowest BCUT2D eigenvalue weighted by Crippen LogP contribution is -2.29. The fourth-order valence-electron chi connectivity index (χ4n) is 2.81. The molecule has 128 valence electrons. The third kappa shape index (κ3) is 6.04. The molecule has 0 aromatic heterocycles. The summed E-state index contributed by atoms with van der Waals surface area (Å²) < 4.78 is 10.9. The molecule has 0 amide bonds. The Morgan fingerprint density at radius 3 is 2.78 bits per heavy atom. The van der Waals surface area contributed by atoms with Crippen molar-refractivity contribution in [2.24, 2.45) is 0 Å².